The van der Waals surface area contributed by atoms with Crippen LogP contribution in [0.4, 0.5) is 5.69 Å². The molecule has 2 aromatic heterocycles. The van der Waals surface area contributed by atoms with Crippen LogP contribution in [0.3, 0.4) is 0 Å². The van der Waals surface area contributed by atoms with Crippen molar-refractivity contribution in [2.24, 2.45) is 0 Å². The molecule has 0 aliphatic rings. The Kier molecular flexibility index (Phi) is 6.59. The number of pyridine rings is 2. The van der Waals surface area contributed by atoms with E-state index in [1.165, 1.54) is 11.8 Å². The highest BCUT2D eigenvalue weighted by Gasteiger charge is 2.13. The second-order valence-electron chi connectivity index (χ2n) is 5.65. The van der Waals surface area contributed by atoms with E-state index in [2.05, 4.69) is 20.0 Å². The quantitative estimate of drug-likeness (QED) is 0.570. The molecular formula is C18H18N4O2S3. The van der Waals surface area contributed by atoms with Crippen LogP contribution in [0.5, 0.6) is 0 Å². The third kappa shape index (κ3) is 5.88. The average molecular weight is 419 g/mol. The topological polar surface area (TPSA) is 84.0 Å². The first-order valence-corrected chi connectivity index (χ1v) is 11.2. The predicted octanol–water partition coefficient (Wildman–Crippen LogP) is 3.18. The number of nitrogens with one attached hydrogen (secondary N) is 2. The molecule has 140 valence electrons. The summed E-state index contributed by atoms with van der Waals surface area (Å²) in [6.07, 6.45) is 5.11. The Morgan fingerprint density at radius 3 is 2.74 bits per heavy atom. The summed E-state index contributed by atoms with van der Waals surface area (Å²) in [7, 11) is -3.50. The molecule has 0 atom stereocenters. The van der Waals surface area contributed by atoms with Crippen molar-refractivity contribution in [3.05, 3.63) is 66.6 Å². The summed E-state index contributed by atoms with van der Waals surface area (Å²) in [6.45, 7) is 0.562. The van der Waals surface area contributed by atoms with E-state index < -0.39 is 10.0 Å². The Labute approximate surface area is 167 Å². The first-order chi connectivity index (χ1) is 13.0. The van der Waals surface area contributed by atoms with Crippen LogP contribution in [0, 0.1) is 0 Å². The molecule has 3 rings (SSSR count). The molecule has 2 heterocycles. The van der Waals surface area contributed by atoms with Crippen LogP contribution in [-0.4, -0.2) is 34.2 Å². The van der Waals surface area contributed by atoms with Crippen LogP contribution in [0.2, 0.25) is 0 Å². The molecule has 0 radical (unpaired) electrons. The second kappa shape index (κ2) is 9.12. The van der Waals surface area contributed by atoms with Gasteiger partial charge in [0.1, 0.15) is 4.32 Å². The minimum Gasteiger partial charge on any atom is -0.367 e. The van der Waals surface area contributed by atoms with Crippen molar-refractivity contribution >= 4 is 54.9 Å². The lowest BCUT2D eigenvalue weighted by atomic mass is 10.2. The van der Waals surface area contributed by atoms with Gasteiger partial charge in [0.2, 0.25) is 10.0 Å². The number of benzene rings is 1. The number of rotatable bonds is 7. The van der Waals surface area contributed by atoms with E-state index in [1.54, 1.807) is 30.7 Å². The predicted molar refractivity (Wildman–Crippen MR) is 115 cm³/mol. The molecule has 0 saturated heterocycles. The summed E-state index contributed by atoms with van der Waals surface area (Å²) in [5.74, 6) is 0.308. The first-order valence-electron chi connectivity index (χ1n) is 8.17. The van der Waals surface area contributed by atoms with Crippen LogP contribution in [0.25, 0.3) is 10.9 Å². The van der Waals surface area contributed by atoms with Gasteiger partial charge < -0.3 is 5.32 Å². The molecular weight excluding hydrogens is 400 g/mol. The van der Waals surface area contributed by atoms with Gasteiger partial charge in [0, 0.05) is 36.3 Å². The molecule has 0 aliphatic carbocycles. The van der Waals surface area contributed by atoms with Gasteiger partial charge in [-0.1, -0.05) is 48.2 Å². The Bertz CT molecular complexity index is 1020. The molecule has 3 aromatic rings. The highest BCUT2D eigenvalue weighted by Crippen LogP contribution is 2.22. The number of anilines is 1. The number of hydrogen-bond donors (Lipinski definition) is 2. The largest absolute Gasteiger partial charge is 0.367 e. The number of sulfonamides is 1. The van der Waals surface area contributed by atoms with Gasteiger partial charge in [0.25, 0.3) is 0 Å². The zero-order chi connectivity index (χ0) is 19.1. The zero-order valence-electron chi connectivity index (χ0n) is 14.3. The third-order valence-electron chi connectivity index (χ3n) is 3.64. The molecule has 0 fully saturated rings. The second-order valence-corrected chi connectivity index (χ2v) is 9.27. The molecule has 0 unspecified atom stereocenters. The Morgan fingerprint density at radius 1 is 1.11 bits per heavy atom. The summed E-state index contributed by atoms with van der Waals surface area (Å²) in [5, 5.41) is 3.97. The lowest BCUT2D eigenvalue weighted by molar-refractivity contribution is 0.602. The first kappa shape index (κ1) is 19.5. The maximum absolute atomic E-state index is 12.4. The van der Waals surface area contributed by atoms with E-state index in [0.717, 1.165) is 10.9 Å². The number of fused-ring (bicyclic) bond motifs is 1. The van der Waals surface area contributed by atoms with Gasteiger partial charge in [0.05, 0.1) is 17.0 Å². The molecule has 0 saturated carbocycles. The van der Waals surface area contributed by atoms with Crippen molar-refractivity contribution in [3.8, 4) is 0 Å². The molecule has 2 N–H and O–H groups in total. The van der Waals surface area contributed by atoms with Gasteiger partial charge in [-0.2, -0.15) is 0 Å². The smallest absolute Gasteiger partial charge is 0.233 e. The lowest BCUT2D eigenvalue weighted by Crippen LogP contribution is -2.22. The molecule has 27 heavy (non-hydrogen) atoms. The Hall–Kier alpha value is -2.23. The molecule has 0 aliphatic heterocycles. The SMILES string of the molecule is O=S(=O)(CCSC(=S)NCc1cccnc1)Nc1cccc2cccnc12. The van der Waals surface area contributed by atoms with Gasteiger partial charge in [-0.05, 0) is 23.8 Å². The summed E-state index contributed by atoms with van der Waals surface area (Å²) in [5.41, 5.74) is 2.12. The Balaban J connectivity index is 1.50. The van der Waals surface area contributed by atoms with Gasteiger partial charge in [0.15, 0.2) is 0 Å². The van der Waals surface area contributed by atoms with Gasteiger partial charge in [-0.25, -0.2) is 8.42 Å². The summed E-state index contributed by atoms with van der Waals surface area (Å²) in [4.78, 5) is 8.29. The van der Waals surface area contributed by atoms with Gasteiger partial charge in [-0.15, -0.1) is 0 Å². The number of para-hydroxylation sites is 1. The number of hydrogen-bond acceptors (Lipinski definition) is 6. The van der Waals surface area contributed by atoms with Crippen LogP contribution < -0.4 is 10.0 Å². The zero-order valence-corrected chi connectivity index (χ0v) is 16.8. The molecule has 0 spiro atoms. The van der Waals surface area contributed by atoms with Gasteiger partial charge >= 0.3 is 0 Å². The highest BCUT2D eigenvalue weighted by molar-refractivity contribution is 8.23. The van der Waals surface area contributed by atoms with E-state index in [1.807, 2.05) is 30.3 Å². The van der Waals surface area contributed by atoms with Crippen molar-refractivity contribution in [2.45, 2.75) is 6.54 Å². The minimum atomic E-state index is -3.50. The van der Waals surface area contributed by atoms with E-state index >= 15 is 0 Å². The maximum Gasteiger partial charge on any atom is 0.233 e. The molecule has 1 aromatic carbocycles. The van der Waals surface area contributed by atoms with Crippen molar-refractivity contribution < 1.29 is 8.42 Å². The van der Waals surface area contributed by atoms with Crippen LogP contribution in [0.1, 0.15) is 5.56 Å². The normalized spacial score (nSPS) is 11.3. The molecule has 0 bridgehead atoms. The molecule has 0 amide bonds. The maximum atomic E-state index is 12.4. The number of aromatic nitrogens is 2. The fourth-order valence-electron chi connectivity index (χ4n) is 2.38. The van der Waals surface area contributed by atoms with Crippen LogP contribution >= 0.6 is 24.0 Å². The Morgan fingerprint density at radius 2 is 1.93 bits per heavy atom. The standard InChI is InChI=1S/C18H18N4O2S3/c23-27(24,22-16-7-1-5-15-6-3-9-20-17(15)16)11-10-26-18(25)21-13-14-4-2-8-19-12-14/h1-9,12,22H,10-11,13H2,(H,21,25). The van der Waals surface area contributed by atoms with Crippen molar-refractivity contribution in [2.75, 3.05) is 16.2 Å². The van der Waals surface area contributed by atoms with Gasteiger partial charge in [-0.3, -0.25) is 14.7 Å². The minimum absolute atomic E-state index is 0.0460. The van der Waals surface area contributed by atoms with Crippen molar-refractivity contribution in [1.82, 2.24) is 15.3 Å². The van der Waals surface area contributed by atoms with Crippen molar-refractivity contribution in [1.29, 1.82) is 0 Å². The lowest BCUT2D eigenvalue weighted by Gasteiger charge is -2.11. The van der Waals surface area contributed by atoms with E-state index in [0.29, 0.717) is 27.8 Å². The summed E-state index contributed by atoms with van der Waals surface area (Å²) < 4.78 is 27.9. The monoisotopic (exact) mass is 418 g/mol. The summed E-state index contributed by atoms with van der Waals surface area (Å²) >= 11 is 6.54. The number of nitrogens with zero attached hydrogens (tertiary/aromatic N) is 2. The molecule has 9 heteroatoms. The van der Waals surface area contributed by atoms with Crippen molar-refractivity contribution in [3.63, 3.8) is 0 Å². The molecule has 6 nitrogen and oxygen atoms in total. The summed E-state index contributed by atoms with van der Waals surface area (Å²) in [6, 6.07) is 12.9. The fourth-order valence-corrected chi connectivity index (χ4v) is 4.87. The fraction of sp³-hybridized carbons (Fsp3) is 0.167. The van der Waals surface area contributed by atoms with Crippen LogP contribution in [0.15, 0.2) is 61.1 Å². The highest BCUT2D eigenvalue weighted by atomic mass is 32.2. The number of thioether (sulfide) groups is 1. The third-order valence-corrected chi connectivity index (χ3v) is 6.49. The average Bonchev–Trinajstić information content (AvgIpc) is 2.67. The van der Waals surface area contributed by atoms with E-state index in [-0.39, 0.29) is 5.75 Å². The number of thiocarbonyl (C=S) groups is 1. The van der Waals surface area contributed by atoms with Crippen LogP contribution in [-0.2, 0) is 16.6 Å². The van der Waals surface area contributed by atoms with E-state index in [4.69, 9.17) is 12.2 Å². The van der Waals surface area contributed by atoms with E-state index in [9.17, 15) is 8.42 Å².